The van der Waals surface area contributed by atoms with Crippen molar-refractivity contribution in [1.82, 2.24) is 15.5 Å². The van der Waals surface area contributed by atoms with Gasteiger partial charge in [-0.2, -0.15) is 0 Å². The molecular weight excluding hydrogens is 244 g/mol. The third-order valence-corrected chi connectivity index (χ3v) is 3.80. The molecule has 7 heteroatoms. The third-order valence-electron chi connectivity index (χ3n) is 1.73. The molecule has 1 heterocycles. The molecule has 1 unspecified atom stereocenters. The van der Waals surface area contributed by atoms with Gasteiger partial charge in [-0.1, -0.05) is 23.1 Å². The topological polar surface area (TPSA) is 66.9 Å². The molecule has 0 aliphatic carbocycles. The lowest BCUT2D eigenvalue weighted by atomic mass is 10.4. The largest absolute Gasteiger partial charge is 0.360 e. The molecule has 0 aliphatic rings. The van der Waals surface area contributed by atoms with E-state index in [1.165, 1.54) is 23.1 Å². The van der Waals surface area contributed by atoms with E-state index < -0.39 is 0 Å². The van der Waals surface area contributed by atoms with Crippen LogP contribution in [0.3, 0.4) is 0 Å². The molecule has 5 nitrogen and oxygen atoms in total. The maximum absolute atomic E-state index is 11.5. The molecule has 0 aliphatic heterocycles. The van der Waals surface area contributed by atoms with E-state index in [4.69, 9.17) is 0 Å². The first kappa shape index (κ1) is 13.2. The first-order valence-electron chi connectivity index (χ1n) is 5.19. The fourth-order valence-corrected chi connectivity index (χ4v) is 2.99. The van der Waals surface area contributed by atoms with Gasteiger partial charge in [0.1, 0.15) is 0 Å². The summed E-state index contributed by atoms with van der Waals surface area (Å²) in [4.78, 5) is 11.5. The number of rotatable bonds is 6. The van der Waals surface area contributed by atoms with Gasteiger partial charge in [-0.05, 0) is 20.8 Å². The number of amides is 1. The van der Waals surface area contributed by atoms with Crippen molar-refractivity contribution in [2.75, 3.05) is 18.4 Å². The zero-order valence-electron chi connectivity index (χ0n) is 9.61. The first-order chi connectivity index (χ1) is 7.67. The SMILES string of the molecule is CCNC(=O)C(C)Sc1nnc(NCC)s1. The maximum Gasteiger partial charge on any atom is 0.233 e. The third kappa shape index (κ3) is 3.97. The second-order valence-corrected chi connectivity index (χ2v) is 5.62. The van der Waals surface area contributed by atoms with Gasteiger partial charge in [-0.3, -0.25) is 4.79 Å². The van der Waals surface area contributed by atoms with E-state index >= 15 is 0 Å². The second-order valence-electron chi connectivity index (χ2n) is 3.06. The molecule has 1 atom stereocenters. The summed E-state index contributed by atoms with van der Waals surface area (Å²) in [7, 11) is 0. The van der Waals surface area contributed by atoms with E-state index in [-0.39, 0.29) is 11.2 Å². The highest BCUT2D eigenvalue weighted by atomic mass is 32.2. The van der Waals surface area contributed by atoms with Gasteiger partial charge in [-0.25, -0.2) is 0 Å². The Bertz CT molecular complexity index is 342. The van der Waals surface area contributed by atoms with Gasteiger partial charge in [0.15, 0.2) is 4.34 Å². The van der Waals surface area contributed by atoms with Gasteiger partial charge in [-0.15, -0.1) is 10.2 Å². The molecule has 0 fully saturated rings. The predicted molar refractivity (Wildman–Crippen MR) is 68.1 cm³/mol. The molecule has 2 N–H and O–H groups in total. The molecule has 0 bridgehead atoms. The van der Waals surface area contributed by atoms with Crippen LogP contribution in [0.2, 0.25) is 0 Å². The molecule has 16 heavy (non-hydrogen) atoms. The van der Waals surface area contributed by atoms with E-state index in [2.05, 4.69) is 20.8 Å². The normalized spacial score (nSPS) is 12.2. The zero-order chi connectivity index (χ0) is 12.0. The van der Waals surface area contributed by atoms with E-state index in [9.17, 15) is 4.79 Å². The Morgan fingerprint density at radius 3 is 2.81 bits per heavy atom. The van der Waals surface area contributed by atoms with Gasteiger partial charge in [0.05, 0.1) is 5.25 Å². The zero-order valence-corrected chi connectivity index (χ0v) is 11.2. The van der Waals surface area contributed by atoms with Gasteiger partial charge < -0.3 is 10.6 Å². The van der Waals surface area contributed by atoms with Crippen LogP contribution in [0.25, 0.3) is 0 Å². The van der Waals surface area contributed by atoms with Crippen molar-refractivity contribution in [3.8, 4) is 0 Å². The minimum absolute atomic E-state index is 0.0349. The Morgan fingerprint density at radius 2 is 2.19 bits per heavy atom. The number of nitrogens with zero attached hydrogens (tertiary/aromatic N) is 2. The molecule has 0 radical (unpaired) electrons. The Kier molecular flexibility index (Phi) is 5.54. The lowest BCUT2D eigenvalue weighted by Gasteiger charge is -2.07. The molecular formula is C9H16N4OS2. The molecule has 0 saturated carbocycles. The van der Waals surface area contributed by atoms with Crippen molar-refractivity contribution in [1.29, 1.82) is 0 Å². The summed E-state index contributed by atoms with van der Waals surface area (Å²) in [5.41, 5.74) is 0. The highest BCUT2D eigenvalue weighted by Gasteiger charge is 2.15. The van der Waals surface area contributed by atoms with Crippen LogP contribution in [-0.2, 0) is 4.79 Å². The number of anilines is 1. The summed E-state index contributed by atoms with van der Waals surface area (Å²) >= 11 is 2.90. The van der Waals surface area contributed by atoms with Crippen LogP contribution >= 0.6 is 23.1 Å². The van der Waals surface area contributed by atoms with E-state index in [0.717, 1.165) is 16.0 Å². The van der Waals surface area contributed by atoms with Crippen molar-refractivity contribution in [2.24, 2.45) is 0 Å². The average Bonchev–Trinajstić information content (AvgIpc) is 2.66. The molecule has 1 rings (SSSR count). The van der Waals surface area contributed by atoms with Crippen molar-refractivity contribution in [3.63, 3.8) is 0 Å². The van der Waals surface area contributed by atoms with E-state index in [1.807, 2.05) is 20.8 Å². The molecule has 0 spiro atoms. The quantitative estimate of drug-likeness (QED) is 0.760. The van der Waals surface area contributed by atoms with Gasteiger partial charge in [0.2, 0.25) is 11.0 Å². The minimum atomic E-state index is -0.137. The molecule has 90 valence electrons. The summed E-state index contributed by atoms with van der Waals surface area (Å²) < 4.78 is 0.815. The highest BCUT2D eigenvalue weighted by Crippen LogP contribution is 2.28. The predicted octanol–water partition coefficient (Wildman–Crippen LogP) is 1.59. The van der Waals surface area contributed by atoms with Crippen LogP contribution in [0.4, 0.5) is 5.13 Å². The number of hydrogen-bond acceptors (Lipinski definition) is 6. The van der Waals surface area contributed by atoms with Crippen molar-refractivity contribution in [3.05, 3.63) is 0 Å². The molecule has 0 aromatic carbocycles. The first-order valence-corrected chi connectivity index (χ1v) is 6.88. The minimum Gasteiger partial charge on any atom is -0.360 e. The summed E-state index contributed by atoms with van der Waals surface area (Å²) in [6, 6.07) is 0. The van der Waals surface area contributed by atoms with Crippen LogP contribution in [0.1, 0.15) is 20.8 Å². The molecule has 0 saturated heterocycles. The Labute approximate surface area is 103 Å². The van der Waals surface area contributed by atoms with Crippen LogP contribution in [0.15, 0.2) is 4.34 Å². The Hall–Kier alpha value is -0.820. The Morgan fingerprint density at radius 1 is 1.44 bits per heavy atom. The molecule has 1 amide bonds. The number of aromatic nitrogens is 2. The summed E-state index contributed by atoms with van der Waals surface area (Å²) in [5.74, 6) is 0.0349. The highest BCUT2D eigenvalue weighted by molar-refractivity contribution is 8.02. The number of carbonyl (C=O) groups excluding carboxylic acids is 1. The van der Waals surface area contributed by atoms with Crippen molar-refractivity contribution >= 4 is 34.1 Å². The molecule has 1 aromatic rings. The average molecular weight is 260 g/mol. The van der Waals surface area contributed by atoms with E-state index in [1.54, 1.807) is 0 Å². The fourth-order valence-electron chi connectivity index (χ4n) is 1.00. The van der Waals surface area contributed by atoms with Crippen LogP contribution in [0, 0.1) is 0 Å². The van der Waals surface area contributed by atoms with Crippen LogP contribution in [-0.4, -0.2) is 34.4 Å². The van der Waals surface area contributed by atoms with Gasteiger partial charge in [0.25, 0.3) is 0 Å². The monoisotopic (exact) mass is 260 g/mol. The van der Waals surface area contributed by atoms with Crippen LogP contribution in [0.5, 0.6) is 0 Å². The number of hydrogen-bond donors (Lipinski definition) is 2. The summed E-state index contributed by atoms with van der Waals surface area (Å²) in [5, 5.41) is 14.5. The number of nitrogens with one attached hydrogen (secondary N) is 2. The van der Waals surface area contributed by atoms with Crippen molar-refractivity contribution < 1.29 is 4.79 Å². The fraction of sp³-hybridized carbons (Fsp3) is 0.667. The number of carbonyl (C=O) groups is 1. The number of thioether (sulfide) groups is 1. The smallest absolute Gasteiger partial charge is 0.233 e. The standard InChI is InChI=1S/C9H16N4OS2/c1-4-10-7(14)6(3)15-9-13-12-8(16-9)11-5-2/h6H,4-5H2,1-3H3,(H,10,14)(H,11,12). The summed E-state index contributed by atoms with van der Waals surface area (Å²) in [6.07, 6.45) is 0. The second kappa shape index (κ2) is 6.70. The molecule has 1 aromatic heterocycles. The maximum atomic E-state index is 11.5. The summed E-state index contributed by atoms with van der Waals surface area (Å²) in [6.45, 7) is 7.26. The Balaban J connectivity index is 2.48. The lowest BCUT2D eigenvalue weighted by molar-refractivity contribution is -0.120. The van der Waals surface area contributed by atoms with Crippen molar-refractivity contribution in [2.45, 2.75) is 30.4 Å². The van der Waals surface area contributed by atoms with Crippen LogP contribution < -0.4 is 10.6 Å². The lowest BCUT2D eigenvalue weighted by Crippen LogP contribution is -2.30. The van der Waals surface area contributed by atoms with Gasteiger partial charge >= 0.3 is 0 Å². The van der Waals surface area contributed by atoms with E-state index in [0.29, 0.717) is 6.54 Å². The van der Waals surface area contributed by atoms with Gasteiger partial charge in [0, 0.05) is 13.1 Å².